The molecule has 11 heteroatoms. The number of aliphatic hydroxyl groups is 1. The van der Waals surface area contributed by atoms with Gasteiger partial charge in [-0.3, -0.25) is 10.00 Å². The van der Waals surface area contributed by atoms with Crippen molar-refractivity contribution in [3.8, 4) is 0 Å². The third-order valence-corrected chi connectivity index (χ3v) is 5.09. The van der Waals surface area contributed by atoms with Gasteiger partial charge in [0, 0.05) is 19.5 Å². The van der Waals surface area contributed by atoms with E-state index in [-0.39, 0.29) is 26.1 Å². The van der Waals surface area contributed by atoms with E-state index in [1.165, 1.54) is 6.20 Å². The Bertz CT molecular complexity index is 981. The first-order valence-electron chi connectivity index (χ1n) is 9.06. The number of imidazole rings is 1. The summed E-state index contributed by atoms with van der Waals surface area (Å²) < 4.78 is 53.8. The van der Waals surface area contributed by atoms with Crippen molar-refractivity contribution < 1.29 is 22.7 Å². The Morgan fingerprint density at radius 2 is 2.11 bits per heavy atom. The standard InChI is InChI=1S/C17H20F4N6O/c1-9(28)16-24-12-6-22-15-10(5-23-25-15)14(12)27(16)13-8-26(7-11(13)18)4-2-3-17(19,20)21/h5-6,9,11,13,28H,2-4,7-8H2,1H3,(H,22,23,25)/t9-,11+,13-/m1/s1. The van der Waals surface area contributed by atoms with E-state index in [1.54, 1.807) is 22.6 Å². The van der Waals surface area contributed by atoms with Gasteiger partial charge >= 0.3 is 6.18 Å². The van der Waals surface area contributed by atoms with Crippen molar-refractivity contribution in [3.63, 3.8) is 0 Å². The summed E-state index contributed by atoms with van der Waals surface area (Å²) in [5.74, 6) is 0.301. The predicted molar refractivity (Wildman–Crippen MR) is 93.5 cm³/mol. The van der Waals surface area contributed by atoms with Crippen LogP contribution in [0.1, 0.15) is 37.7 Å². The van der Waals surface area contributed by atoms with Crippen LogP contribution in [0.2, 0.25) is 0 Å². The molecule has 0 unspecified atom stereocenters. The van der Waals surface area contributed by atoms with Crippen LogP contribution in [-0.2, 0) is 0 Å². The number of nitrogens with one attached hydrogen (secondary N) is 1. The quantitative estimate of drug-likeness (QED) is 0.644. The number of aromatic nitrogens is 5. The van der Waals surface area contributed by atoms with Crippen LogP contribution in [0.4, 0.5) is 17.6 Å². The molecule has 0 saturated carbocycles. The summed E-state index contributed by atoms with van der Waals surface area (Å²) in [5, 5.41) is 17.6. The van der Waals surface area contributed by atoms with E-state index >= 15 is 0 Å². The van der Waals surface area contributed by atoms with Gasteiger partial charge in [-0.1, -0.05) is 0 Å². The molecule has 28 heavy (non-hydrogen) atoms. The minimum atomic E-state index is -4.21. The number of alkyl halides is 4. The highest BCUT2D eigenvalue weighted by molar-refractivity contribution is 6.00. The van der Waals surface area contributed by atoms with Crippen molar-refractivity contribution in [2.75, 3.05) is 19.6 Å². The predicted octanol–water partition coefficient (Wildman–Crippen LogP) is 2.90. The van der Waals surface area contributed by atoms with E-state index in [9.17, 15) is 22.7 Å². The number of rotatable bonds is 5. The van der Waals surface area contributed by atoms with Crippen molar-refractivity contribution in [3.05, 3.63) is 18.2 Å². The van der Waals surface area contributed by atoms with Gasteiger partial charge in [0.25, 0.3) is 0 Å². The maximum atomic E-state index is 14.9. The molecular formula is C17H20F4N6O. The van der Waals surface area contributed by atoms with Gasteiger partial charge in [0.1, 0.15) is 23.6 Å². The van der Waals surface area contributed by atoms with Crippen LogP contribution in [-0.4, -0.2) is 66.7 Å². The molecule has 1 saturated heterocycles. The second kappa shape index (κ2) is 6.96. The topological polar surface area (TPSA) is 82.9 Å². The molecule has 1 fully saturated rings. The highest BCUT2D eigenvalue weighted by Gasteiger charge is 2.37. The Labute approximate surface area is 157 Å². The van der Waals surface area contributed by atoms with E-state index in [1.807, 2.05) is 0 Å². The van der Waals surface area contributed by atoms with Gasteiger partial charge in [-0.05, 0) is 19.9 Å². The number of likely N-dealkylation sites (tertiary alicyclic amines) is 1. The van der Waals surface area contributed by atoms with Crippen LogP contribution >= 0.6 is 0 Å². The number of hydrogen-bond acceptors (Lipinski definition) is 5. The first-order valence-corrected chi connectivity index (χ1v) is 9.06. The molecule has 3 aromatic heterocycles. The number of H-pyrrole nitrogens is 1. The maximum Gasteiger partial charge on any atom is 0.389 e. The van der Waals surface area contributed by atoms with Crippen LogP contribution in [0.3, 0.4) is 0 Å². The van der Waals surface area contributed by atoms with Crippen LogP contribution in [0.15, 0.2) is 12.4 Å². The Morgan fingerprint density at radius 1 is 1.32 bits per heavy atom. The fourth-order valence-electron chi connectivity index (χ4n) is 3.88. The lowest BCUT2D eigenvalue weighted by atomic mass is 10.2. The number of pyridine rings is 1. The molecule has 2 N–H and O–H groups in total. The molecule has 0 bridgehead atoms. The van der Waals surface area contributed by atoms with Gasteiger partial charge in [-0.2, -0.15) is 18.3 Å². The Balaban J connectivity index is 1.68. The summed E-state index contributed by atoms with van der Waals surface area (Å²) in [6.07, 6.45) is -4.32. The van der Waals surface area contributed by atoms with Gasteiger partial charge in [-0.25, -0.2) is 14.4 Å². The summed E-state index contributed by atoms with van der Waals surface area (Å²) in [5.41, 5.74) is 1.63. The second-order valence-electron chi connectivity index (χ2n) is 7.20. The SMILES string of the molecule is C[C@@H](O)c1nc2cnc3[nH]ncc3c2n1[C@@H]1CN(CCCC(F)(F)F)C[C@@H]1F. The van der Waals surface area contributed by atoms with E-state index < -0.39 is 30.9 Å². The summed E-state index contributed by atoms with van der Waals surface area (Å²) in [7, 11) is 0. The lowest BCUT2D eigenvalue weighted by molar-refractivity contribution is -0.136. The van der Waals surface area contributed by atoms with Crippen LogP contribution in [0.5, 0.6) is 0 Å². The summed E-state index contributed by atoms with van der Waals surface area (Å²) in [6.45, 7) is 1.99. The maximum absolute atomic E-state index is 14.9. The normalized spacial score (nSPS) is 22.5. The zero-order chi connectivity index (χ0) is 20.1. The van der Waals surface area contributed by atoms with Crippen LogP contribution < -0.4 is 0 Å². The Hall–Kier alpha value is -2.27. The van der Waals surface area contributed by atoms with Crippen molar-refractivity contribution in [2.45, 2.75) is 44.3 Å². The van der Waals surface area contributed by atoms with Crippen molar-refractivity contribution in [1.29, 1.82) is 0 Å². The fourth-order valence-corrected chi connectivity index (χ4v) is 3.88. The van der Waals surface area contributed by atoms with Gasteiger partial charge in [0.2, 0.25) is 0 Å². The highest BCUT2D eigenvalue weighted by Crippen LogP contribution is 2.35. The lowest BCUT2D eigenvalue weighted by Crippen LogP contribution is -2.24. The number of halogens is 4. The van der Waals surface area contributed by atoms with Crippen molar-refractivity contribution in [1.82, 2.24) is 29.6 Å². The fraction of sp³-hybridized carbons (Fsp3) is 0.588. The Morgan fingerprint density at radius 3 is 2.82 bits per heavy atom. The van der Waals surface area contributed by atoms with E-state index in [0.29, 0.717) is 27.9 Å². The number of hydrogen-bond donors (Lipinski definition) is 2. The van der Waals surface area contributed by atoms with Gasteiger partial charge in [-0.15, -0.1) is 0 Å². The summed E-state index contributed by atoms with van der Waals surface area (Å²) in [4.78, 5) is 10.3. The molecule has 0 radical (unpaired) electrons. The molecule has 0 amide bonds. The first kappa shape index (κ1) is 19.1. The molecule has 4 rings (SSSR count). The molecule has 152 valence electrons. The summed E-state index contributed by atoms with van der Waals surface area (Å²) in [6, 6.07) is -0.666. The molecule has 3 atom stereocenters. The third kappa shape index (κ3) is 3.44. The molecule has 3 aromatic rings. The van der Waals surface area contributed by atoms with Crippen LogP contribution in [0.25, 0.3) is 22.1 Å². The molecule has 4 heterocycles. The van der Waals surface area contributed by atoms with Crippen molar-refractivity contribution >= 4 is 22.1 Å². The lowest BCUT2D eigenvalue weighted by Gasteiger charge is -2.20. The highest BCUT2D eigenvalue weighted by atomic mass is 19.4. The number of aliphatic hydroxyl groups excluding tert-OH is 1. The number of nitrogens with zero attached hydrogens (tertiary/aromatic N) is 5. The average Bonchev–Trinajstić information content (AvgIpc) is 3.28. The zero-order valence-electron chi connectivity index (χ0n) is 15.1. The molecule has 0 aliphatic carbocycles. The smallest absolute Gasteiger partial charge is 0.385 e. The monoisotopic (exact) mass is 400 g/mol. The number of fused-ring (bicyclic) bond motifs is 3. The second-order valence-corrected chi connectivity index (χ2v) is 7.20. The average molecular weight is 400 g/mol. The van der Waals surface area contributed by atoms with E-state index in [4.69, 9.17) is 0 Å². The third-order valence-electron chi connectivity index (χ3n) is 5.09. The van der Waals surface area contributed by atoms with E-state index in [0.717, 1.165) is 0 Å². The minimum absolute atomic E-state index is 0.0427. The van der Waals surface area contributed by atoms with Gasteiger partial charge < -0.3 is 9.67 Å². The molecular weight excluding hydrogens is 380 g/mol. The van der Waals surface area contributed by atoms with Gasteiger partial charge in [0.05, 0.1) is 29.3 Å². The largest absolute Gasteiger partial charge is 0.389 e. The molecule has 0 spiro atoms. The minimum Gasteiger partial charge on any atom is -0.385 e. The number of aromatic amines is 1. The first-order chi connectivity index (χ1) is 13.2. The van der Waals surface area contributed by atoms with Crippen molar-refractivity contribution in [2.24, 2.45) is 0 Å². The molecule has 0 aromatic carbocycles. The molecule has 1 aliphatic rings. The molecule has 7 nitrogen and oxygen atoms in total. The van der Waals surface area contributed by atoms with Crippen LogP contribution in [0, 0.1) is 0 Å². The van der Waals surface area contributed by atoms with Gasteiger partial charge in [0.15, 0.2) is 5.65 Å². The summed E-state index contributed by atoms with van der Waals surface area (Å²) >= 11 is 0. The van der Waals surface area contributed by atoms with E-state index in [2.05, 4.69) is 20.2 Å². The zero-order valence-corrected chi connectivity index (χ0v) is 15.1. The molecule has 1 aliphatic heterocycles. The Kier molecular flexibility index (Phi) is 4.74.